The molecule has 2 atom stereocenters. The molecule has 168 valence electrons. The highest BCUT2D eigenvalue weighted by Gasteiger charge is 2.54. The van der Waals surface area contributed by atoms with Gasteiger partial charge in [0.2, 0.25) is 11.8 Å². The van der Waals surface area contributed by atoms with Crippen LogP contribution in [-0.2, 0) is 19.2 Å². The minimum absolute atomic E-state index is 0.0361. The number of carboxylic acid groups (broad SMARTS) is 1. The number of carbonyl (C=O) groups excluding carboxylic acids is 3. The van der Waals surface area contributed by atoms with Crippen molar-refractivity contribution in [3.63, 3.8) is 0 Å². The van der Waals surface area contributed by atoms with Crippen molar-refractivity contribution in [2.24, 2.45) is 0 Å². The van der Waals surface area contributed by atoms with Crippen LogP contribution in [0.3, 0.4) is 0 Å². The van der Waals surface area contributed by atoms with Crippen LogP contribution in [0.4, 0.5) is 0 Å². The van der Waals surface area contributed by atoms with Gasteiger partial charge in [-0.05, 0) is 30.9 Å². The van der Waals surface area contributed by atoms with E-state index in [1.165, 1.54) is 28.4 Å². The van der Waals surface area contributed by atoms with Gasteiger partial charge >= 0.3 is 5.97 Å². The first kappa shape index (κ1) is 21.1. The van der Waals surface area contributed by atoms with Crippen LogP contribution in [0.25, 0.3) is 0 Å². The lowest BCUT2D eigenvalue weighted by molar-refractivity contribution is -0.150. The number of imidazole rings is 1. The van der Waals surface area contributed by atoms with Crippen LogP contribution in [0.2, 0.25) is 0 Å². The van der Waals surface area contributed by atoms with Crippen molar-refractivity contribution in [2.75, 3.05) is 18.1 Å². The number of aromatic nitrogens is 2. The van der Waals surface area contributed by atoms with Crippen LogP contribution in [0, 0.1) is 0 Å². The molecule has 0 aromatic carbocycles. The molecule has 3 fully saturated rings. The first-order valence-corrected chi connectivity index (χ1v) is 12.3. The molecule has 4 heterocycles. The number of rotatable bonds is 7. The maximum absolute atomic E-state index is 12.8. The number of likely N-dealkylation sites (tertiary alicyclic amines) is 1. The Morgan fingerprint density at radius 3 is 2.88 bits per heavy atom. The Hall–Kier alpha value is -2.73. The number of β-lactam (4-membered cyclic amide) rings is 1. The second-order valence-corrected chi connectivity index (χ2v) is 10.0. The van der Waals surface area contributed by atoms with Gasteiger partial charge in [0, 0.05) is 36.3 Å². The number of carboxylic acids is 1. The molecule has 3 aliphatic heterocycles. The minimum atomic E-state index is -1.21. The van der Waals surface area contributed by atoms with Crippen LogP contribution in [0.5, 0.6) is 0 Å². The van der Waals surface area contributed by atoms with Gasteiger partial charge in [-0.1, -0.05) is 11.8 Å². The maximum Gasteiger partial charge on any atom is 0.352 e. The van der Waals surface area contributed by atoms with Gasteiger partial charge in [0.1, 0.15) is 17.1 Å². The van der Waals surface area contributed by atoms with Gasteiger partial charge in [-0.3, -0.25) is 19.3 Å². The summed E-state index contributed by atoms with van der Waals surface area (Å²) in [6, 6.07) is -0.453. The van der Waals surface area contributed by atoms with E-state index in [1.54, 1.807) is 18.5 Å². The lowest BCUT2D eigenvalue weighted by Crippen LogP contribution is -2.70. The monoisotopic (exact) mass is 475 g/mol. The van der Waals surface area contributed by atoms with E-state index >= 15 is 0 Å². The van der Waals surface area contributed by atoms with E-state index in [4.69, 9.17) is 0 Å². The first-order valence-electron chi connectivity index (χ1n) is 10.3. The fourth-order valence-corrected chi connectivity index (χ4v) is 6.09. The Kier molecular flexibility index (Phi) is 5.49. The quantitative estimate of drug-likeness (QED) is 0.296. The normalized spacial score (nSPS) is 26.4. The number of H-pyrrole nitrogens is 1. The standard InChI is InChI=1S/C20H21N5O5S2/c26-13(9-32-20-21-4-5-22-20)23-14-17(28)25-15(19(29)30)11(8-31-18(14)25)7-10-3-6-24(16(10)27)12-1-2-12/h4-5,7,12,14,18H,1-3,6,8-9H2,(H,21,22)(H,23,26)(H,29,30)/t14-,18-/m1/s1. The van der Waals surface area contributed by atoms with E-state index in [0.717, 1.165) is 12.8 Å². The summed E-state index contributed by atoms with van der Waals surface area (Å²) in [6.07, 6.45) is 7.52. The molecular weight excluding hydrogens is 454 g/mol. The SMILES string of the molecule is O=C(CSc1ncc[nH]1)N[C@@H]1C(=O)N2C(C(=O)O)=C(C=C3CCN(C4CC4)C3=O)CS[C@H]12. The third kappa shape index (κ3) is 3.81. The minimum Gasteiger partial charge on any atom is -0.477 e. The molecule has 1 aromatic rings. The Bertz CT molecular complexity index is 1050. The molecule has 3 N–H and O–H groups in total. The molecule has 5 rings (SSSR count). The number of fused-ring (bicyclic) bond motifs is 1. The summed E-state index contributed by atoms with van der Waals surface area (Å²) in [5, 5.41) is 12.6. The number of nitrogens with zero attached hydrogens (tertiary/aromatic N) is 3. The van der Waals surface area contributed by atoms with E-state index in [1.807, 2.05) is 4.90 Å². The van der Waals surface area contributed by atoms with Crippen molar-refractivity contribution in [3.8, 4) is 0 Å². The zero-order chi connectivity index (χ0) is 22.4. The molecule has 1 saturated carbocycles. The van der Waals surface area contributed by atoms with Gasteiger partial charge in [-0.2, -0.15) is 0 Å². The Morgan fingerprint density at radius 2 is 2.19 bits per heavy atom. The van der Waals surface area contributed by atoms with Crippen LogP contribution >= 0.6 is 23.5 Å². The molecule has 10 nitrogen and oxygen atoms in total. The lowest BCUT2D eigenvalue weighted by atomic mass is 10.0. The highest BCUT2D eigenvalue weighted by atomic mass is 32.2. The molecule has 0 unspecified atom stereocenters. The molecule has 0 radical (unpaired) electrons. The Morgan fingerprint density at radius 1 is 1.38 bits per heavy atom. The zero-order valence-corrected chi connectivity index (χ0v) is 18.6. The van der Waals surface area contributed by atoms with E-state index in [0.29, 0.717) is 41.1 Å². The molecule has 1 aliphatic carbocycles. The summed E-state index contributed by atoms with van der Waals surface area (Å²) < 4.78 is 0. The predicted molar refractivity (Wildman–Crippen MR) is 116 cm³/mol. The molecule has 1 aromatic heterocycles. The van der Waals surface area contributed by atoms with Crippen molar-refractivity contribution in [1.82, 2.24) is 25.1 Å². The molecule has 2 saturated heterocycles. The fraction of sp³-hybridized carbons (Fsp3) is 0.450. The summed E-state index contributed by atoms with van der Waals surface area (Å²) >= 11 is 2.61. The third-order valence-corrected chi connectivity index (χ3v) is 8.03. The van der Waals surface area contributed by atoms with Gasteiger partial charge < -0.3 is 20.3 Å². The van der Waals surface area contributed by atoms with Crippen molar-refractivity contribution in [2.45, 2.75) is 41.9 Å². The Labute approximate surface area is 191 Å². The molecule has 0 bridgehead atoms. The van der Waals surface area contributed by atoms with Crippen molar-refractivity contribution in [3.05, 3.63) is 35.3 Å². The maximum atomic E-state index is 12.8. The number of aliphatic carboxylic acids is 1. The second-order valence-electron chi connectivity index (χ2n) is 7.97. The van der Waals surface area contributed by atoms with Crippen LogP contribution < -0.4 is 5.32 Å². The summed E-state index contributed by atoms with van der Waals surface area (Å²) in [4.78, 5) is 59.7. The molecule has 3 amide bonds. The average Bonchev–Trinajstić information content (AvgIpc) is 3.35. The summed E-state index contributed by atoms with van der Waals surface area (Å²) in [6.45, 7) is 0.660. The number of hydrogen-bond donors (Lipinski definition) is 3. The Balaban J connectivity index is 1.28. The van der Waals surface area contributed by atoms with Crippen molar-refractivity contribution >= 4 is 47.2 Å². The number of nitrogens with one attached hydrogen (secondary N) is 2. The molecule has 12 heteroatoms. The van der Waals surface area contributed by atoms with Crippen LogP contribution in [0.15, 0.2) is 40.5 Å². The first-order chi connectivity index (χ1) is 15.4. The summed E-state index contributed by atoms with van der Waals surface area (Å²) in [5.74, 6) is -1.58. The van der Waals surface area contributed by atoms with Crippen LogP contribution in [0.1, 0.15) is 19.3 Å². The number of amides is 3. The van der Waals surface area contributed by atoms with Gasteiger partial charge in [-0.25, -0.2) is 9.78 Å². The van der Waals surface area contributed by atoms with E-state index in [9.17, 15) is 24.3 Å². The van der Waals surface area contributed by atoms with Gasteiger partial charge in [-0.15, -0.1) is 11.8 Å². The molecule has 0 spiro atoms. The predicted octanol–water partition coefficient (Wildman–Crippen LogP) is 0.562. The van der Waals surface area contributed by atoms with E-state index in [-0.39, 0.29) is 23.3 Å². The smallest absolute Gasteiger partial charge is 0.352 e. The summed E-state index contributed by atoms with van der Waals surface area (Å²) in [7, 11) is 0. The highest BCUT2D eigenvalue weighted by Crippen LogP contribution is 2.41. The number of hydrogen-bond acceptors (Lipinski definition) is 7. The molecular formula is C20H21N5O5S2. The summed E-state index contributed by atoms with van der Waals surface area (Å²) in [5.41, 5.74) is 0.961. The topological polar surface area (TPSA) is 136 Å². The molecule has 4 aliphatic rings. The van der Waals surface area contributed by atoms with Gasteiger partial charge in [0.05, 0.1) is 5.75 Å². The second kappa shape index (κ2) is 8.32. The number of aromatic amines is 1. The van der Waals surface area contributed by atoms with Crippen LogP contribution in [-0.4, -0.2) is 84.1 Å². The average molecular weight is 476 g/mol. The largest absolute Gasteiger partial charge is 0.477 e. The fourth-order valence-electron chi connectivity index (χ4n) is 4.15. The van der Waals surface area contributed by atoms with E-state index in [2.05, 4.69) is 15.3 Å². The van der Waals surface area contributed by atoms with E-state index < -0.39 is 23.3 Å². The highest BCUT2D eigenvalue weighted by molar-refractivity contribution is 8.00. The van der Waals surface area contributed by atoms with Gasteiger partial charge in [0.25, 0.3) is 5.91 Å². The molecule has 32 heavy (non-hydrogen) atoms. The third-order valence-electron chi connectivity index (χ3n) is 5.82. The van der Waals surface area contributed by atoms with Gasteiger partial charge in [0.15, 0.2) is 5.16 Å². The lowest BCUT2D eigenvalue weighted by Gasteiger charge is -2.49. The zero-order valence-electron chi connectivity index (χ0n) is 16.9. The number of carbonyl (C=O) groups is 4. The number of allylic oxidation sites excluding steroid dienone is 1. The van der Waals surface area contributed by atoms with Crippen molar-refractivity contribution in [1.29, 1.82) is 0 Å². The number of thioether (sulfide) groups is 2. The van der Waals surface area contributed by atoms with Crippen molar-refractivity contribution < 1.29 is 24.3 Å².